The van der Waals surface area contributed by atoms with E-state index < -0.39 is 0 Å². The number of anilines is 2. The van der Waals surface area contributed by atoms with Crippen LogP contribution in [0.15, 0.2) is 66.7 Å². The molecule has 248 valence electrons. The molecular formula is C37H50N4O5. The molecule has 1 fully saturated rings. The molecule has 46 heavy (non-hydrogen) atoms. The largest absolute Gasteiger partial charge is 0.493 e. The summed E-state index contributed by atoms with van der Waals surface area (Å²) >= 11 is 0. The van der Waals surface area contributed by atoms with E-state index >= 15 is 0 Å². The van der Waals surface area contributed by atoms with Gasteiger partial charge < -0.3 is 34.6 Å². The molecule has 4 rings (SSSR count). The van der Waals surface area contributed by atoms with Crippen LogP contribution in [0.2, 0.25) is 0 Å². The van der Waals surface area contributed by atoms with Gasteiger partial charge in [-0.2, -0.15) is 0 Å². The summed E-state index contributed by atoms with van der Waals surface area (Å²) < 4.78 is 17.9. The second-order valence-electron chi connectivity index (χ2n) is 11.7. The number of hydrogen-bond acceptors (Lipinski definition) is 6. The Morgan fingerprint density at radius 2 is 1.57 bits per heavy atom. The first-order valence-corrected chi connectivity index (χ1v) is 16.7. The zero-order valence-electron chi connectivity index (χ0n) is 28.0. The predicted octanol–water partition coefficient (Wildman–Crippen LogP) is 8.11. The van der Waals surface area contributed by atoms with Crippen LogP contribution in [-0.2, 0) is 0 Å². The van der Waals surface area contributed by atoms with Crippen molar-refractivity contribution in [2.24, 2.45) is 0 Å². The zero-order valence-corrected chi connectivity index (χ0v) is 28.0. The van der Waals surface area contributed by atoms with Gasteiger partial charge in [0.2, 0.25) is 0 Å². The average molecular weight is 631 g/mol. The third-order valence-corrected chi connectivity index (χ3v) is 8.45. The molecule has 9 heteroatoms. The van der Waals surface area contributed by atoms with E-state index in [9.17, 15) is 9.59 Å². The molecule has 0 aliphatic carbocycles. The maximum atomic E-state index is 13.5. The quantitative estimate of drug-likeness (QED) is 0.176. The number of urea groups is 1. The minimum Gasteiger partial charge on any atom is -0.493 e. The molecule has 2 N–H and O–H groups in total. The molecule has 1 aliphatic heterocycles. The fraction of sp³-hybridized carbons (Fsp3) is 0.459. The number of likely N-dealkylation sites (tertiary alicyclic amines) is 1. The number of carbonyl (C=O) groups excluding carboxylic acids is 2. The Labute approximate surface area is 274 Å². The molecule has 0 spiro atoms. The van der Waals surface area contributed by atoms with E-state index in [0.29, 0.717) is 35.0 Å². The fourth-order valence-corrected chi connectivity index (χ4v) is 5.60. The van der Waals surface area contributed by atoms with Crippen molar-refractivity contribution < 1.29 is 23.8 Å². The summed E-state index contributed by atoms with van der Waals surface area (Å²) in [6.07, 6.45) is 6.48. The highest BCUT2D eigenvalue weighted by molar-refractivity contribution is 6.06. The second-order valence-corrected chi connectivity index (χ2v) is 11.7. The number of ether oxygens (including phenoxy) is 3. The minimum atomic E-state index is -0.256. The van der Waals surface area contributed by atoms with Gasteiger partial charge in [-0.15, -0.1) is 0 Å². The van der Waals surface area contributed by atoms with Gasteiger partial charge in [0.1, 0.15) is 17.6 Å². The van der Waals surface area contributed by atoms with E-state index in [1.54, 1.807) is 30.2 Å². The molecule has 0 atom stereocenters. The van der Waals surface area contributed by atoms with Gasteiger partial charge in [-0.3, -0.25) is 4.79 Å². The lowest BCUT2D eigenvalue weighted by molar-refractivity contribution is 0.0984. The summed E-state index contributed by atoms with van der Waals surface area (Å²) in [5.74, 6) is 2.31. The first-order chi connectivity index (χ1) is 22.4. The van der Waals surface area contributed by atoms with E-state index in [1.807, 2.05) is 69.3 Å². The first kappa shape index (κ1) is 34.6. The Kier molecular flexibility index (Phi) is 13.1. The number of rotatable bonds is 15. The van der Waals surface area contributed by atoms with Crippen LogP contribution in [0.25, 0.3) is 0 Å². The highest BCUT2D eigenvalue weighted by atomic mass is 16.5. The van der Waals surface area contributed by atoms with Crippen LogP contribution in [0.1, 0.15) is 76.6 Å². The Hall–Kier alpha value is -4.24. The molecular weight excluding hydrogens is 580 g/mol. The van der Waals surface area contributed by atoms with Crippen molar-refractivity contribution >= 4 is 23.3 Å². The summed E-state index contributed by atoms with van der Waals surface area (Å²) in [7, 11) is 1.56. The van der Waals surface area contributed by atoms with Crippen LogP contribution >= 0.6 is 0 Å². The van der Waals surface area contributed by atoms with Gasteiger partial charge in [0, 0.05) is 48.7 Å². The molecule has 1 heterocycles. The van der Waals surface area contributed by atoms with Gasteiger partial charge in [0.05, 0.1) is 7.11 Å². The normalized spacial score (nSPS) is 13.7. The highest BCUT2D eigenvalue weighted by Gasteiger charge is 2.21. The van der Waals surface area contributed by atoms with Gasteiger partial charge in [-0.05, 0) is 106 Å². The summed E-state index contributed by atoms with van der Waals surface area (Å²) in [6.45, 7) is 12.1. The Morgan fingerprint density at radius 1 is 0.891 bits per heavy atom. The Balaban J connectivity index is 1.33. The standard InChI is InChI=1S/C37H50N4O5/c1-6-10-23-40-24-21-33(22-25-40)45-31-16-11-27(12-17-31)36(42)41(9-4)30-14-18-32(19-15-30)46-34-20-13-29(26-35(34)44-5)39-37(43)38-28(7-2)8-3/h11-20,26,28,33H,6-10,21-25H2,1-5H3,(H2,38,39,43). The van der Waals surface area contributed by atoms with Crippen molar-refractivity contribution in [1.29, 1.82) is 0 Å². The molecule has 0 saturated carbocycles. The lowest BCUT2D eigenvalue weighted by Crippen LogP contribution is -2.38. The van der Waals surface area contributed by atoms with Gasteiger partial charge in [-0.1, -0.05) is 27.2 Å². The smallest absolute Gasteiger partial charge is 0.319 e. The minimum absolute atomic E-state index is 0.0788. The summed E-state index contributed by atoms with van der Waals surface area (Å²) in [5.41, 5.74) is 1.98. The molecule has 0 bridgehead atoms. The van der Waals surface area contributed by atoms with E-state index in [2.05, 4.69) is 22.5 Å². The molecule has 3 aromatic rings. The van der Waals surface area contributed by atoms with Crippen molar-refractivity contribution in [1.82, 2.24) is 10.2 Å². The molecule has 0 radical (unpaired) electrons. The van der Waals surface area contributed by atoms with Gasteiger partial charge in [0.15, 0.2) is 11.5 Å². The maximum absolute atomic E-state index is 13.5. The predicted molar refractivity (Wildman–Crippen MR) is 185 cm³/mol. The summed E-state index contributed by atoms with van der Waals surface area (Å²) in [5, 5.41) is 5.81. The number of methoxy groups -OCH3 is 1. The first-order valence-electron chi connectivity index (χ1n) is 16.7. The number of piperidine rings is 1. The zero-order chi connectivity index (χ0) is 32.9. The number of hydrogen-bond donors (Lipinski definition) is 2. The third kappa shape index (κ3) is 9.63. The van der Waals surface area contributed by atoms with Crippen LogP contribution in [-0.4, -0.2) is 62.3 Å². The molecule has 9 nitrogen and oxygen atoms in total. The van der Waals surface area contributed by atoms with Gasteiger partial charge in [0.25, 0.3) is 5.91 Å². The van der Waals surface area contributed by atoms with Crippen LogP contribution in [0.4, 0.5) is 16.2 Å². The SMILES string of the molecule is CCCCN1CCC(Oc2ccc(C(=O)N(CC)c3ccc(Oc4ccc(NC(=O)NC(CC)CC)cc4OC)cc3)cc2)CC1. The number of unbranched alkanes of at least 4 members (excludes halogenated alkanes) is 1. The van der Waals surface area contributed by atoms with Crippen LogP contribution in [0.3, 0.4) is 0 Å². The van der Waals surface area contributed by atoms with Crippen molar-refractivity contribution in [3.8, 4) is 23.0 Å². The van der Waals surface area contributed by atoms with Crippen molar-refractivity contribution in [3.63, 3.8) is 0 Å². The molecule has 3 amide bonds. The number of nitrogens with one attached hydrogen (secondary N) is 2. The van der Waals surface area contributed by atoms with Gasteiger partial charge in [-0.25, -0.2) is 4.79 Å². The number of carbonyl (C=O) groups is 2. The number of nitrogens with zero attached hydrogens (tertiary/aromatic N) is 2. The molecule has 0 unspecified atom stereocenters. The second kappa shape index (κ2) is 17.5. The van der Waals surface area contributed by atoms with Crippen molar-refractivity contribution in [2.45, 2.75) is 78.4 Å². The summed E-state index contributed by atoms with van der Waals surface area (Å²) in [6, 6.07) is 20.0. The maximum Gasteiger partial charge on any atom is 0.319 e. The van der Waals surface area contributed by atoms with Crippen LogP contribution in [0.5, 0.6) is 23.0 Å². The fourth-order valence-electron chi connectivity index (χ4n) is 5.60. The highest BCUT2D eigenvalue weighted by Crippen LogP contribution is 2.35. The Bertz CT molecular complexity index is 1380. The average Bonchev–Trinajstić information content (AvgIpc) is 3.08. The lowest BCUT2D eigenvalue weighted by atomic mass is 10.1. The molecule has 1 saturated heterocycles. The third-order valence-electron chi connectivity index (χ3n) is 8.45. The molecule has 1 aliphatic rings. The topological polar surface area (TPSA) is 92.4 Å². The Morgan fingerprint density at radius 3 is 2.17 bits per heavy atom. The van der Waals surface area contributed by atoms with Crippen molar-refractivity contribution in [3.05, 3.63) is 72.3 Å². The number of amides is 3. The monoisotopic (exact) mass is 630 g/mol. The van der Waals surface area contributed by atoms with E-state index in [4.69, 9.17) is 14.2 Å². The van der Waals surface area contributed by atoms with E-state index in [-0.39, 0.29) is 24.1 Å². The van der Waals surface area contributed by atoms with E-state index in [0.717, 1.165) is 50.2 Å². The molecule has 3 aromatic carbocycles. The lowest BCUT2D eigenvalue weighted by Gasteiger charge is -2.32. The van der Waals surface area contributed by atoms with Crippen LogP contribution < -0.4 is 29.7 Å². The van der Waals surface area contributed by atoms with Gasteiger partial charge >= 0.3 is 6.03 Å². The summed E-state index contributed by atoms with van der Waals surface area (Å²) in [4.78, 5) is 30.1. The molecule has 0 aromatic heterocycles. The van der Waals surface area contributed by atoms with Crippen LogP contribution in [0, 0.1) is 0 Å². The van der Waals surface area contributed by atoms with Crippen molar-refractivity contribution in [2.75, 3.05) is 43.5 Å². The number of benzene rings is 3. The van der Waals surface area contributed by atoms with E-state index in [1.165, 1.54) is 19.4 Å².